The van der Waals surface area contributed by atoms with Crippen molar-refractivity contribution in [2.75, 3.05) is 11.9 Å². The summed E-state index contributed by atoms with van der Waals surface area (Å²) in [5.74, 6) is -2.16. The van der Waals surface area contributed by atoms with Crippen LogP contribution in [0.2, 0.25) is 0 Å². The van der Waals surface area contributed by atoms with E-state index in [1.807, 2.05) is 6.07 Å². The van der Waals surface area contributed by atoms with Crippen LogP contribution in [0.3, 0.4) is 0 Å². The maximum Gasteiger partial charge on any atom is 0.255 e. The van der Waals surface area contributed by atoms with Gasteiger partial charge in [-0.3, -0.25) is 9.59 Å². The molecule has 0 fully saturated rings. The van der Waals surface area contributed by atoms with Gasteiger partial charge < -0.3 is 11.1 Å². The van der Waals surface area contributed by atoms with E-state index in [9.17, 15) is 22.4 Å². The molecule has 0 saturated carbocycles. The van der Waals surface area contributed by atoms with Crippen LogP contribution in [-0.4, -0.2) is 26.8 Å². The van der Waals surface area contributed by atoms with Crippen LogP contribution >= 0.6 is 0 Å². The Balaban J connectivity index is 2.20. The molecule has 0 unspecified atom stereocenters. The van der Waals surface area contributed by atoms with Gasteiger partial charge in [0.05, 0.1) is 11.0 Å². The summed E-state index contributed by atoms with van der Waals surface area (Å²) in [7, 11) is -3.80. The lowest BCUT2D eigenvalue weighted by Gasteiger charge is -2.11. The Morgan fingerprint density at radius 1 is 1.18 bits per heavy atom. The molecule has 0 radical (unpaired) electrons. The number of nitrogens with one attached hydrogen (secondary N) is 2. The van der Waals surface area contributed by atoms with Crippen molar-refractivity contribution in [2.24, 2.45) is 5.73 Å². The molecule has 10 heteroatoms. The van der Waals surface area contributed by atoms with E-state index in [2.05, 4.69) is 10.0 Å². The molecule has 8 nitrogen and oxygen atoms in total. The second kappa shape index (κ2) is 8.60. The molecule has 2 aromatic carbocycles. The third kappa shape index (κ3) is 4.91. The number of benzene rings is 2. The predicted octanol–water partition coefficient (Wildman–Crippen LogP) is 1.68. The molecular weight excluding hydrogens is 387 g/mol. The van der Waals surface area contributed by atoms with Crippen LogP contribution in [0.5, 0.6) is 0 Å². The number of amides is 2. The van der Waals surface area contributed by atoms with Crippen LogP contribution in [-0.2, 0) is 10.0 Å². The fourth-order valence-electron chi connectivity index (χ4n) is 2.26. The van der Waals surface area contributed by atoms with Gasteiger partial charge in [-0.15, -0.1) is 0 Å². The first-order valence-corrected chi connectivity index (χ1v) is 9.52. The number of halogens is 1. The topological polar surface area (TPSA) is 142 Å². The fourth-order valence-corrected chi connectivity index (χ4v) is 3.29. The zero-order chi connectivity index (χ0) is 20.9. The molecule has 0 heterocycles. The lowest BCUT2D eigenvalue weighted by atomic mass is 10.1. The van der Waals surface area contributed by atoms with Gasteiger partial charge in [-0.1, -0.05) is 0 Å². The number of anilines is 1. The van der Waals surface area contributed by atoms with Crippen molar-refractivity contribution in [3.63, 3.8) is 0 Å². The number of hydrogen-bond acceptors (Lipinski definition) is 5. The van der Waals surface area contributed by atoms with Gasteiger partial charge in [0, 0.05) is 35.3 Å². The standard InChI is InChI=1S/C18H17FN4O4S/c1-11-15(19)9-13(17(21)24)10-16(11)23-18(25)12-3-5-14(6-4-12)28(26,27)22-8-2-7-20/h3-6,9-10,22H,2,8H2,1H3,(H2,21,24)(H,23,25). The summed E-state index contributed by atoms with van der Waals surface area (Å²) in [6.07, 6.45) is 0.0278. The van der Waals surface area contributed by atoms with Gasteiger partial charge in [-0.25, -0.2) is 17.5 Å². The van der Waals surface area contributed by atoms with Gasteiger partial charge in [0.25, 0.3) is 5.91 Å². The average Bonchev–Trinajstić information content (AvgIpc) is 2.65. The average molecular weight is 404 g/mol. The molecule has 2 amide bonds. The Bertz CT molecular complexity index is 1060. The van der Waals surface area contributed by atoms with Crippen molar-refractivity contribution in [1.82, 2.24) is 4.72 Å². The van der Waals surface area contributed by atoms with Crippen LogP contribution in [0.15, 0.2) is 41.3 Å². The van der Waals surface area contributed by atoms with Crippen LogP contribution < -0.4 is 15.8 Å². The molecule has 28 heavy (non-hydrogen) atoms. The van der Waals surface area contributed by atoms with Crippen molar-refractivity contribution in [1.29, 1.82) is 5.26 Å². The highest BCUT2D eigenvalue weighted by molar-refractivity contribution is 7.89. The third-order valence-corrected chi connectivity index (χ3v) is 5.31. The minimum atomic E-state index is -3.80. The number of hydrogen-bond donors (Lipinski definition) is 3. The number of sulfonamides is 1. The summed E-state index contributed by atoms with van der Waals surface area (Å²) in [5, 5.41) is 10.9. The maximum absolute atomic E-state index is 13.9. The molecule has 0 atom stereocenters. The minimum absolute atomic E-state index is 0.0257. The van der Waals surface area contributed by atoms with Gasteiger partial charge >= 0.3 is 0 Å². The van der Waals surface area contributed by atoms with Gasteiger partial charge in [0.2, 0.25) is 15.9 Å². The minimum Gasteiger partial charge on any atom is -0.366 e. The van der Waals surface area contributed by atoms with E-state index >= 15 is 0 Å². The van der Waals surface area contributed by atoms with Crippen molar-refractivity contribution in [3.05, 3.63) is 58.9 Å². The molecule has 2 aromatic rings. The number of nitrogens with two attached hydrogens (primary N) is 1. The molecule has 0 aliphatic carbocycles. The Morgan fingerprint density at radius 3 is 2.39 bits per heavy atom. The van der Waals surface area contributed by atoms with Crippen molar-refractivity contribution in [2.45, 2.75) is 18.2 Å². The summed E-state index contributed by atoms with van der Waals surface area (Å²) < 4.78 is 40.3. The smallest absolute Gasteiger partial charge is 0.255 e. The lowest BCUT2D eigenvalue weighted by molar-refractivity contribution is 0.0995. The predicted molar refractivity (Wildman–Crippen MR) is 99.5 cm³/mol. The van der Waals surface area contributed by atoms with Crippen LogP contribution in [0, 0.1) is 24.1 Å². The van der Waals surface area contributed by atoms with E-state index in [4.69, 9.17) is 11.0 Å². The molecule has 146 valence electrons. The molecule has 0 aliphatic heterocycles. The largest absolute Gasteiger partial charge is 0.366 e. The fraction of sp³-hybridized carbons (Fsp3) is 0.167. The first-order valence-electron chi connectivity index (χ1n) is 8.03. The normalized spacial score (nSPS) is 10.9. The van der Waals surface area contributed by atoms with Crippen molar-refractivity contribution in [3.8, 4) is 6.07 Å². The van der Waals surface area contributed by atoms with Crippen LogP contribution in [0.25, 0.3) is 0 Å². The summed E-state index contributed by atoms with van der Waals surface area (Å²) in [6, 6.07) is 9.11. The lowest BCUT2D eigenvalue weighted by Crippen LogP contribution is -2.24. The number of nitrogens with zero attached hydrogens (tertiary/aromatic N) is 1. The number of carbonyl (C=O) groups is 2. The summed E-state index contributed by atoms with van der Waals surface area (Å²) in [6.45, 7) is 1.40. The van der Waals surface area contributed by atoms with Crippen molar-refractivity contribution >= 4 is 27.5 Å². The van der Waals surface area contributed by atoms with Crippen LogP contribution in [0.1, 0.15) is 32.7 Å². The second-order valence-electron chi connectivity index (χ2n) is 5.78. The molecule has 0 spiro atoms. The molecular formula is C18H17FN4O4S. The molecule has 0 aromatic heterocycles. The van der Waals surface area contributed by atoms with E-state index < -0.39 is 27.7 Å². The first kappa shape index (κ1) is 21.0. The third-order valence-electron chi connectivity index (χ3n) is 3.83. The van der Waals surface area contributed by atoms with E-state index in [-0.39, 0.29) is 40.2 Å². The van der Waals surface area contributed by atoms with Crippen LogP contribution in [0.4, 0.5) is 10.1 Å². The SMILES string of the molecule is Cc1c(F)cc(C(N)=O)cc1NC(=O)c1ccc(S(=O)(=O)NCCC#N)cc1. The number of primary amides is 1. The maximum atomic E-state index is 13.9. The monoisotopic (exact) mass is 404 g/mol. The molecule has 2 rings (SSSR count). The molecule has 0 bridgehead atoms. The van der Waals surface area contributed by atoms with Gasteiger partial charge in [-0.05, 0) is 43.3 Å². The molecule has 0 aliphatic rings. The highest BCUT2D eigenvalue weighted by Gasteiger charge is 2.16. The molecule has 4 N–H and O–H groups in total. The Kier molecular flexibility index (Phi) is 6.45. The van der Waals surface area contributed by atoms with Gasteiger partial charge in [0.1, 0.15) is 5.82 Å². The van der Waals surface area contributed by atoms with E-state index in [0.29, 0.717) is 0 Å². The van der Waals surface area contributed by atoms with E-state index in [1.165, 1.54) is 37.3 Å². The zero-order valence-electron chi connectivity index (χ0n) is 14.8. The zero-order valence-corrected chi connectivity index (χ0v) is 15.6. The van der Waals surface area contributed by atoms with Crippen molar-refractivity contribution < 1.29 is 22.4 Å². The van der Waals surface area contributed by atoms with Gasteiger partial charge in [0.15, 0.2) is 0 Å². The molecule has 0 saturated heterocycles. The Labute approximate surface area is 161 Å². The Morgan fingerprint density at radius 2 is 1.82 bits per heavy atom. The highest BCUT2D eigenvalue weighted by Crippen LogP contribution is 2.22. The Hall–Kier alpha value is -3.29. The summed E-state index contributed by atoms with van der Waals surface area (Å²) in [5.41, 5.74) is 5.38. The quantitative estimate of drug-likeness (QED) is 0.602. The first-order chi connectivity index (χ1) is 13.2. The summed E-state index contributed by atoms with van der Waals surface area (Å²) in [4.78, 5) is 23.6. The van der Waals surface area contributed by atoms with E-state index in [0.717, 1.165) is 6.07 Å². The summed E-state index contributed by atoms with van der Waals surface area (Å²) >= 11 is 0. The number of carbonyl (C=O) groups excluding carboxylic acids is 2. The number of rotatable bonds is 7. The highest BCUT2D eigenvalue weighted by atomic mass is 32.2. The number of nitriles is 1. The van der Waals surface area contributed by atoms with E-state index in [1.54, 1.807) is 0 Å². The van der Waals surface area contributed by atoms with Gasteiger partial charge in [-0.2, -0.15) is 5.26 Å². The second-order valence-corrected chi connectivity index (χ2v) is 7.55.